The Bertz CT molecular complexity index is 711. The van der Waals surface area contributed by atoms with Crippen molar-refractivity contribution in [2.45, 2.75) is 17.9 Å². The van der Waals surface area contributed by atoms with Crippen molar-refractivity contribution in [2.75, 3.05) is 6.26 Å². The number of rotatable bonds is 4. The number of nitrogens with two attached hydrogens (primary N) is 1. The van der Waals surface area contributed by atoms with Crippen molar-refractivity contribution >= 4 is 9.84 Å². The van der Waals surface area contributed by atoms with Crippen LogP contribution in [0.5, 0.6) is 0 Å². The van der Waals surface area contributed by atoms with E-state index in [-0.39, 0.29) is 6.04 Å². The molecule has 2 rings (SSSR count). The molecule has 0 fully saturated rings. The van der Waals surface area contributed by atoms with E-state index in [0.717, 1.165) is 16.7 Å². The van der Waals surface area contributed by atoms with Gasteiger partial charge in [0.2, 0.25) is 0 Å². The van der Waals surface area contributed by atoms with Crippen molar-refractivity contribution in [3.05, 3.63) is 65.2 Å². The second-order valence-corrected chi connectivity index (χ2v) is 6.82. The van der Waals surface area contributed by atoms with E-state index in [1.807, 2.05) is 37.3 Å². The van der Waals surface area contributed by atoms with E-state index >= 15 is 0 Å². The Morgan fingerprint density at radius 3 is 2.40 bits per heavy atom. The topological polar surface area (TPSA) is 72.2 Å². The van der Waals surface area contributed by atoms with Crippen LogP contribution in [0.2, 0.25) is 0 Å². The lowest BCUT2D eigenvalue weighted by molar-refractivity contribution is 0.600. The minimum atomic E-state index is -3.23. The smallest absolute Gasteiger partial charge is 0.175 e. The number of sulfone groups is 1. The highest BCUT2D eigenvalue weighted by atomic mass is 32.2. The molecule has 0 aromatic heterocycles. The standard InChI is InChI=1S/C15H18N2O2S/c1-11-6-3-4-9-14(11)15(17-16)12-7-5-8-13(10-12)20(2,18)19/h3-10,15,17H,16H2,1-2H3. The second kappa shape index (κ2) is 5.75. The summed E-state index contributed by atoms with van der Waals surface area (Å²) in [6.45, 7) is 2.00. The molecule has 0 heterocycles. The minimum Gasteiger partial charge on any atom is -0.271 e. The molecule has 0 bridgehead atoms. The van der Waals surface area contributed by atoms with Gasteiger partial charge >= 0.3 is 0 Å². The molecular formula is C15H18N2O2S. The highest BCUT2D eigenvalue weighted by Gasteiger charge is 2.16. The maximum atomic E-state index is 11.6. The molecule has 1 atom stereocenters. The maximum absolute atomic E-state index is 11.6. The third-order valence-electron chi connectivity index (χ3n) is 3.29. The normalized spacial score (nSPS) is 13.2. The fourth-order valence-electron chi connectivity index (χ4n) is 2.20. The van der Waals surface area contributed by atoms with E-state index in [4.69, 9.17) is 5.84 Å². The van der Waals surface area contributed by atoms with Crippen molar-refractivity contribution in [3.63, 3.8) is 0 Å². The average Bonchev–Trinajstić information content (AvgIpc) is 2.41. The predicted octanol–water partition coefficient (Wildman–Crippen LogP) is 1.95. The van der Waals surface area contributed by atoms with Gasteiger partial charge in [-0.25, -0.2) is 13.8 Å². The van der Waals surface area contributed by atoms with E-state index in [2.05, 4.69) is 5.43 Å². The first-order chi connectivity index (χ1) is 9.43. The zero-order valence-corrected chi connectivity index (χ0v) is 12.3. The molecule has 20 heavy (non-hydrogen) atoms. The van der Waals surface area contributed by atoms with Crippen molar-refractivity contribution in [3.8, 4) is 0 Å². The van der Waals surface area contributed by atoms with Crippen LogP contribution in [-0.4, -0.2) is 14.7 Å². The summed E-state index contributed by atoms with van der Waals surface area (Å²) in [5, 5.41) is 0. The van der Waals surface area contributed by atoms with Crippen LogP contribution in [-0.2, 0) is 9.84 Å². The van der Waals surface area contributed by atoms with Crippen molar-refractivity contribution in [2.24, 2.45) is 5.84 Å². The first-order valence-electron chi connectivity index (χ1n) is 6.25. The molecular weight excluding hydrogens is 272 g/mol. The molecule has 0 aliphatic rings. The van der Waals surface area contributed by atoms with Gasteiger partial charge in [0.1, 0.15) is 0 Å². The average molecular weight is 290 g/mol. The Morgan fingerprint density at radius 2 is 1.80 bits per heavy atom. The SMILES string of the molecule is Cc1ccccc1C(NN)c1cccc(S(C)(=O)=O)c1. The summed E-state index contributed by atoms with van der Waals surface area (Å²) in [4.78, 5) is 0.295. The van der Waals surface area contributed by atoms with Crippen LogP contribution in [0.1, 0.15) is 22.7 Å². The van der Waals surface area contributed by atoms with E-state index in [9.17, 15) is 8.42 Å². The molecule has 0 radical (unpaired) electrons. The van der Waals surface area contributed by atoms with E-state index < -0.39 is 9.84 Å². The summed E-state index contributed by atoms with van der Waals surface area (Å²) >= 11 is 0. The largest absolute Gasteiger partial charge is 0.271 e. The van der Waals surface area contributed by atoms with Gasteiger partial charge in [0.15, 0.2) is 9.84 Å². The zero-order valence-electron chi connectivity index (χ0n) is 11.5. The van der Waals surface area contributed by atoms with E-state index in [0.29, 0.717) is 4.90 Å². The van der Waals surface area contributed by atoms with Gasteiger partial charge in [-0.1, -0.05) is 36.4 Å². The van der Waals surface area contributed by atoms with Crippen molar-refractivity contribution in [1.29, 1.82) is 0 Å². The fourth-order valence-corrected chi connectivity index (χ4v) is 2.88. The van der Waals surface area contributed by atoms with Crippen LogP contribution in [0.4, 0.5) is 0 Å². The van der Waals surface area contributed by atoms with E-state index in [1.54, 1.807) is 18.2 Å². The molecule has 1 unspecified atom stereocenters. The van der Waals surface area contributed by atoms with Gasteiger partial charge in [0, 0.05) is 6.26 Å². The second-order valence-electron chi connectivity index (χ2n) is 4.80. The number of hydrazine groups is 1. The fraction of sp³-hybridized carbons (Fsp3) is 0.200. The lowest BCUT2D eigenvalue weighted by atomic mass is 9.96. The predicted molar refractivity (Wildman–Crippen MR) is 79.9 cm³/mol. The van der Waals surface area contributed by atoms with E-state index in [1.165, 1.54) is 6.26 Å². The first kappa shape index (κ1) is 14.7. The van der Waals surface area contributed by atoms with Gasteiger partial charge in [-0.05, 0) is 35.7 Å². The summed E-state index contributed by atoms with van der Waals surface area (Å²) in [5.41, 5.74) is 5.71. The summed E-state index contributed by atoms with van der Waals surface area (Å²) < 4.78 is 23.3. The summed E-state index contributed by atoms with van der Waals surface area (Å²) in [6.07, 6.45) is 1.20. The molecule has 0 amide bonds. The van der Waals surface area contributed by atoms with Gasteiger partial charge in [0.25, 0.3) is 0 Å². The number of aryl methyl sites for hydroxylation is 1. The summed E-state index contributed by atoms with van der Waals surface area (Å²) in [7, 11) is -3.23. The lowest BCUT2D eigenvalue weighted by Crippen LogP contribution is -2.29. The third kappa shape index (κ3) is 3.07. The molecule has 3 N–H and O–H groups in total. The van der Waals surface area contributed by atoms with Gasteiger partial charge in [-0.15, -0.1) is 0 Å². The lowest BCUT2D eigenvalue weighted by Gasteiger charge is -2.19. The minimum absolute atomic E-state index is 0.238. The van der Waals surface area contributed by atoms with Crippen molar-refractivity contribution in [1.82, 2.24) is 5.43 Å². The molecule has 4 nitrogen and oxygen atoms in total. The zero-order chi connectivity index (χ0) is 14.8. The van der Waals surface area contributed by atoms with Gasteiger partial charge in [-0.3, -0.25) is 5.84 Å². The van der Waals surface area contributed by atoms with Crippen LogP contribution in [0.3, 0.4) is 0 Å². The maximum Gasteiger partial charge on any atom is 0.175 e. The highest BCUT2D eigenvalue weighted by Crippen LogP contribution is 2.25. The Labute approximate surface area is 119 Å². The molecule has 0 aliphatic carbocycles. The molecule has 106 valence electrons. The van der Waals surface area contributed by atoms with Gasteiger partial charge in [0.05, 0.1) is 10.9 Å². The first-order valence-corrected chi connectivity index (χ1v) is 8.14. The molecule has 2 aromatic carbocycles. The van der Waals surface area contributed by atoms with Crippen LogP contribution in [0.15, 0.2) is 53.4 Å². The summed E-state index contributed by atoms with van der Waals surface area (Å²) in [6, 6.07) is 14.5. The van der Waals surface area contributed by atoms with Crippen LogP contribution >= 0.6 is 0 Å². The molecule has 0 aliphatic heterocycles. The van der Waals surface area contributed by atoms with Crippen LogP contribution in [0, 0.1) is 6.92 Å². The molecule has 5 heteroatoms. The Kier molecular flexibility index (Phi) is 4.23. The van der Waals surface area contributed by atoms with Crippen LogP contribution < -0.4 is 11.3 Å². The Hall–Kier alpha value is -1.69. The van der Waals surface area contributed by atoms with Gasteiger partial charge in [-0.2, -0.15) is 0 Å². The monoisotopic (exact) mass is 290 g/mol. The number of hydrogen-bond acceptors (Lipinski definition) is 4. The summed E-state index contributed by atoms with van der Waals surface area (Å²) in [5.74, 6) is 5.67. The number of nitrogens with one attached hydrogen (secondary N) is 1. The molecule has 0 saturated heterocycles. The third-order valence-corrected chi connectivity index (χ3v) is 4.40. The Balaban J connectivity index is 2.51. The molecule has 2 aromatic rings. The quantitative estimate of drug-likeness (QED) is 0.667. The highest BCUT2D eigenvalue weighted by molar-refractivity contribution is 7.90. The number of hydrogen-bond donors (Lipinski definition) is 2. The Morgan fingerprint density at radius 1 is 1.10 bits per heavy atom. The van der Waals surface area contributed by atoms with Crippen LogP contribution in [0.25, 0.3) is 0 Å². The number of benzene rings is 2. The van der Waals surface area contributed by atoms with Gasteiger partial charge < -0.3 is 0 Å². The molecule has 0 saturated carbocycles. The molecule has 0 spiro atoms. The van der Waals surface area contributed by atoms with Crippen molar-refractivity contribution < 1.29 is 8.42 Å².